The third kappa shape index (κ3) is 3.03. The summed E-state index contributed by atoms with van der Waals surface area (Å²) in [6, 6.07) is 9.09. The quantitative estimate of drug-likeness (QED) is 0.761. The highest BCUT2D eigenvalue weighted by atomic mass is 16.6. The van der Waals surface area contributed by atoms with E-state index in [1.165, 1.54) is 16.7 Å². The van der Waals surface area contributed by atoms with Crippen LogP contribution in [0.2, 0.25) is 0 Å². The number of hydrogen-bond acceptors (Lipinski definition) is 2. The number of carbonyl (C=O) groups excluding carboxylic acids is 1. The molecule has 0 saturated carbocycles. The van der Waals surface area contributed by atoms with Gasteiger partial charge in [0.2, 0.25) is 0 Å². The molecule has 1 fully saturated rings. The normalized spacial score (nSPS) is 24.2. The number of rotatable bonds is 1. The number of ether oxygens (including phenoxy) is 1. The molecule has 1 aromatic rings. The molecule has 0 radical (unpaired) electrons. The lowest BCUT2D eigenvalue weighted by Gasteiger charge is -2.35. The average molecular weight is 299 g/mol. The summed E-state index contributed by atoms with van der Waals surface area (Å²) in [7, 11) is 0. The van der Waals surface area contributed by atoms with E-state index < -0.39 is 5.60 Å². The summed E-state index contributed by atoms with van der Waals surface area (Å²) in [5, 5.41) is 0. The monoisotopic (exact) mass is 299 g/mol. The van der Waals surface area contributed by atoms with Crippen molar-refractivity contribution in [3.63, 3.8) is 0 Å². The van der Waals surface area contributed by atoms with Gasteiger partial charge in [-0.2, -0.15) is 0 Å². The van der Waals surface area contributed by atoms with Crippen molar-refractivity contribution in [2.45, 2.75) is 64.6 Å². The predicted molar refractivity (Wildman–Crippen MR) is 88.7 cm³/mol. The molecule has 0 spiro atoms. The highest BCUT2D eigenvalue weighted by Gasteiger charge is 2.41. The molecule has 1 aromatic carbocycles. The Balaban J connectivity index is 1.82. The van der Waals surface area contributed by atoms with Crippen LogP contribution in [0.3, 0.4) is 0 Å². The Morgan fingerprint density at radius 3 is 2.68 bits per heavy atom. The van der Waals surface area contributed by atoms with E-state index in [2.05, 4.69) is 37.3 Å². The fourth-order valence-electron chi connectivity index (χ4n) is 3.49. The van der Waals surface area contributed by atoms with Crippen LogP contribution in [0.4, 0.5) is 4.79 Å². The molecule has 2 unspecified atom stereocenters. The lowest BCUT2D eigenvalue weighted by atomic mass is 9.94. The van der Waals surface area contributed by atoms with Gasteiger partial charge in [0.1, 0.15) is 5.60 Å². The summed E-state index contributed by atoms with van der Waals surface area (Å²) in [5.74, 6) is 0. The van der Waals surface area contributed by atoms with E-state index in [1.807, 2.05) is 25.7 Å². The molecule has 118 valence electrons. The molecule has 0 aliphatic carbocycles. The summed E-state index contributed by atoms with van der Waals surface area (Å²) in [6.45, 7) is 7.88. The molecule has 2 aliphatic rings. The van der Waals surface area contributed by atoms with Gasteiger partial charge in [0.25, 0.3) is 0 Å². The Hall–Kier alpha value is -1.77. The molecule has 3 heteroatoms. The predicted octanol–water partition coefficient (Wildman–Crippen LogP) is 4.55. The van der Waals surface area contributed by atoms with Crippen molar-refractivity contribution < 1.29 is 9.53 Å². The largest absolute Gasteiger partial charge is 0.444 e. The Labute approximate surface area is 133 Å². The standard InChI is InChI=1S/C19H25NO2/c1-13-6-5-7-14(10-13)15-11-16-8-9-17(12-15)20(16)18(21)22-19(2,3)4/h5-7,10-11,16-17H,8-9,12H2,1-4H3. The van der Waals surface area contributed by atoms with Gasteiger partial charge in [0.15, 0.2) is 0 Å². The van der Waals surface area contributed by atoms with Crippen molar-refractivity contribution in [3.8, 4) is 0 Å². The topological polar surface area (TPSA) is 29.5 Å². The van der Waals surface area contributed by atoms with Crippen LogP contribution in [0, 0.1) is 6.92 Å². The maximum Gasteiger partial charge on any atom is 0.411 e. The van der Waals surface area contributed by atoms with Gasteiger partial charge in [-0.05, 0) is 58.1 Å². The van der Waals surface area contributed by atoms with E-state index in [0.717, 1.165) is 19.3 Å². The first-order valence-corrected chi connectivity index (χ1v) is 8.12. The minimum Gasteiger partial charge on any atom is -0.444 e. The van der Waals surface area contributed by atoms with Crippen LogP contribution in [0.15, 0.2) is 30.3 Å². The third-order valence-corrected chi connectivity index (χ3v) is 4.39. The van der Waals surface area contributed by atoms with E-state index in [-0.39, 0.29) is 18.2 Å². The highest BCUT2D eigenvalue weighted by molar-refractivity contribution is 5.75. The molecule has 2 bridgehead atoms. The molecule has 3 nitrogen and oxygen atoms in total. The number of nitrogens with zero attached hydrogens (tertiary/aromatic N) is 1. The van der Waals surface area contributed by atoms with Crippen LogP contribution in [-0.2, 0) is 4.74 Å². The first-order chi connectivity index (χ1) is 10.3. The molecule has 22 heavy (non-hydrogen) atoms. The van der Waals surface area contributed by atoms with Gasteiger partial charge in [-0.15, -0.1) is 0 Å². The smallest absolute Gasteiger partial charge is 0.411 e. The van der Waals surface area contributed by atoms with Crippen LogP contribution in [0.25, 0.3) is 5.57 Å². The molecular formula is C19H25NO2. The minimum atomic E-state index is -0.433. The fraction of sp³-hybridized carbons (Fsp3) is 0.526. The van der Waals surface area contributed by atoms with E-state index in [1.54, 1.807) is 0 Å². The van der Waals surface area contributed by atoms with Crippen molar-refractivity contribution in [1.82, 2.24) is 4.90 Å². The van der Waals surface area contributed by atoms with Gasteiger partial charge < -0.3 is 4.74 Å². The maximum atomic E-state index is 12.4. The zero-order valence-corrected chi connectivity index (χ0v) is 13.9. The van der Waals surface area contributed by atoms with Gasteiger partial charge in [-0.3, -0.25) is 4.90 Å². The van der Waals surface area contributed by atoms with Crippen molar-refractivity contribution >= 4 is 11.7 Å². The minimum absolute atomic E-state index is 0.167. The van der Waals surface area contributed by atoms with Gasteiger partial charge >= 0.3 is 6.09 Å². The number of fused-ring (bicyclic) bond motifs is 2. The first kappa shape index (κ1) is 15.1. The van der Waals surface area contributed by atoms with Gasteiger partial charge in [0.05, 0.1) is 6.04 Å². The van der Waals surface area contributed by atoms with Crippen molar-refractivity contribution in [2.24, 2.45) is 0 Å². The first-order valence-electron chi connectivity index (χ1n) is 8.12. The molecule has 3 rings (SSSR count). The Bertz CT molecular complexity index is 612. The number of aryl methyl sites for hydroxylation is 1. The van der Waals surface area contributed by atoms with Crippen LogP contribution in [-0.4, -0.2) is 28.7 Å². The molecule has 2 aliphatic heterocycles. The number of hydrogen-bond donors (Lipinski definition) is 0. The molecular weight excluding hydrogens is 274 g/mol. The van der Waals surface area contributed by atoms with Crippen molar-refractivity contribution in [2.75, 3.05) is 0 Å². The Kier molecular flexibility index (Phi) is 3.75. The van der Waals surface area contributed by atoms with Gasteiger partial charge in [-0.25, -0.2) is 4.79 Å². The lowest BCUT2D eigenvalue weighted by Crippen LogP contribution is -2.45. The van der Waals surface area contributed by atoms with E-state index in [4.69, 9.17) is 4.74 Å². The molecule has 1 saturated heterocycles. The highest BCUT2D eigenvalue weighted by Crippen LogP contribution is 2.39. The second-order valence-electron chi connectivity index (χ2n) is 7.45. The van der Waals surface area contributed by atoms with E-state index >= 15 is 0 Å². The van der Waals surface area contributed by atoms with Crippen LogP contribution < -0.4 is 0 Å². The van der Waals surface area contributed by atoms with Crippen molar-refractivity contribution in [3.05, 3.63) is 41.5 Å². The fourth-order valence-corrected chi connectivity index (χ4v) is 3.49. The van der Waals surface area contributed by atoms with Gasteiger partial charge in [-0.1, -0.05) is 35.9 Å². The van der Waals surface area contributed by atoms with E-state index in [9.17, 15) is 4.79 Å². The summed E-state index contributed by atoms with van der Waals surface area (Å²) < 4.78 is 5.58. The van der Waals surface area contributed by atoms with Crippen LogP contribution >= 0.6 is 0 Å². The molecule has 0 N–H and O–H groups in total. The summed E-state index contributed by atoms with van der Waals surface area (Å²) >= 11 is 0. The van der Waals surface area contributed by atoms with Gasteiger partial charge in [0, 0.05) is 6.04 Å². The number of amides is 1. The summed E-state index contributed by atoms with van der Waals surface area (Å²) in [4.78, 5) is 14.4. The lowest BCUT2D eigenvalue weighted by molar-refractivity contribution is 0.0175. The maximum absolute atomic E-state index is 12.4. The molecule has 2 heterocycles. The van der Waals surface area contributed by atoms with Crippen LogP contribution in [0.5, 0.6) is 0 Å². The third-order valence-electron chi connectivity index (χ3n) is 4.39. The second-order valence-corrected chi connectivity index (χ2v) is 7.45. The average Bonchev–Trinajstić information content (AvgIpc) is 2.68. The SMILES string of the molecule is Cc1cccc(C2=CC3CCC(C2)N3C(=O)OC(C)(C)C)c1. The number of carbonyl (C=O) groups is 1. The summed E-state index contributed by atoms with van der Waals surface area (Å²) in [5.41, 5.74) is 3.51. The zero-order chi connectivity index (χ0) is 15.9. The van der Waals surface area contributed by atoms with E-state index in [0.29, 0.717) is 0 Å². The van der Waals surface area contributed by atoms with Crippen molar-refractivity contribution in [1.29, 1.82) is 0 Å². The number of benzene rings is 1. The Morgan fingerprint density at radius 1 is 1.27 bits per heavy atom. The Morgan fingerprint density at radius 2 is 2.05 bits per heavy atom. The summed E-state index contributed by atoms with van der Waals surface area (Å²) in [6.07, 6.45) is 5.13. The second kappa shape index (κ2) is 5.45. The molecule has 0 aromatic heterocycles. The molecule has 1 amide bonds. The zero-order valence-electron chi connectivity index (χ0n) is 13.9. The van der Waals surface area contributed by atoms with Crippen LogP contribution in [0.1, 0.15) is 51.2 Å². The molecule has 2 atom stereocenters.